The number of halogens is 3. The van der Waals surface area contributed by atoms with Gasteiger partial charge in [-0.2, -0.15) is 18.3 Å². The lowest BCUT2D eigenvalue weighted by Gasteiger charge is -2.37. The SMILES string of the molecule is CC1(S(=O)(=O)c2cccc(C(F)(F)F)c2)CCOC(c2cc(C3CCC3)n[nH]2)C1. The van der Waals surface area contributed by atoms with Crippen LogP contribution in [0.3, 0.4) is 0 Å². The van der Waals surface area contributed by atoms with Gasteiger partial charge >= 0.3 is 6.18 Å². The molecule has 0 spiro atoms. The van der Waals surface area contributed by atoms with Crippen LogP contribution in [0.25, 0.3) is 0 Å². The highest BCUT2D eigenvalue weighted by Gasteiger charge is 2.46. The molecule has 2 aromatic rings. The van der Waals surface area contributed by atoms with Crippen molar-refractivity contribution in [1.82, 2.24) is 10.2 Å². The highest BCUT2D eigenvalue weighted by Crippen LogP contribution is 2.43. The molecule has 2 atom stereocenters. The quantitative estimate of drug-likeness (QED) is 0.761. The van der Waals surface area contributed by atoms with Crippen LogP contribution in [0, 0.1) is 0 Å². The minimum absolute atomic E-state index is 0.151. The first-order chi connectivity index (χ1) is 13.6. The molecule has 1 aromatic carbocycles. The van der Waals surface area contributed by atoms with E-state index in [-0.39, 0.29) is 24.3 Å². The molecule has 158 valence electrons. The summed E-state index contributed by atoms with van der Waals surface area (Å²) in [6, 6.07) is 5.88. The van der Waals surface area contributed by atoms with E-state index in [2.05, 4.69) is 10.2 Å². The van der Waals surface area contributed by atoms with E-state index in [9.17, 15) is 21.6 Å². The normalized spacial score (nSPS) is 26.3. The number of benzene rings is 1. The van der Waals surface area contributed by atoms with Gasteiger partial charge in [0.2, 0.25) is 0 Å². The smallest absolute Gasteiger partial charge is 0.372 e. The van der Waals surface area contributed by atoms with E-state index in [4.69, 9.17) is 4.74 Å². The predicted octanol–water partition coefficient (Wildman–Crippen LogP) is 4.78. The van der Waals surface area contributed by atoms with Gasteiger partial charge in [0, 0.05) is 12.5 Å². The zero-order chi connectivity index (χ0) is 20.9. The van der Waals surface area contributed by atoms with Crippen LogP contribution in [0.5, 0.6) is 0 Å². The molecule has 9 heteroatoms. The van der Waals surface area contributed by atoms with Crippen molar-refractivity contribution < 1.29 is 26.3 Å². The zero-order valence-electron chi connectivity index (χ0n) is 16.0. The Bertz CT molecular complexity index is 998. The van der Waals surface area contributed by atoms with Crippen LogP contribution in [-0.2, 0) is 20.8 Å². The number of alkyl halides is 3. The summed E-state index contributed by atoms with van der Waals surface area (Å²) in [7, 11) is -4.00. The summed E-state index contributed by atoms with van der Waals surface area (Å²) in [4.78, 5) is -0.310. The number of H-pyrrole nitrogens is 1. The van der Waals surface area contributed by atoms with E-state index in [1.807, 2.05) is 6.07 Å². The maximum atomic E-state index is 13.3. The molecule has 1 saturated carbocycles. The topological polar surface area (TPSA) is 72.1 Å². The molecule has 29 heavy (non-hydrogen) atoms. The second-order valence-electron chi connectivity index (χ2n) is 8.17. The van der Waals surface area contributed by atoms with E-state index in [0.717, 1.165) is 42.4 Å². The number of sulfone groups is 1. The van der Waals surface area contributed by atoms with Gasteiger partial charge in [-0.1, -0.05) is 12.5 Å². The van der Waals surface area contributed by atoms with Crippen LogP contribution >= 0.6 is 0 Å². The number of nitrogens with one attached hydrogen (secondary N) is 1. The molecule has 0 bridgehead atoms. The number of aromatic nitrogens is 2. The molecule has 2 aliphatic rings. The third-order valence-electron chi connectivity index (χ3n) is 6.18. The fourth-order valence-corrected chi connectivity index (χ4v) is 5.80. The Morgan fingerprint density at radius 3 is 2.66 bits per heavy atom. The zero-order valence-corrected chi connectivity index (χ0v) is 16.8. The molecular weight excluding hydrogens is 405 g/mol. The molecule has 2 fully saturated rings. The van der Waals surface area contributed by atoms with Gasteiger partial charge in [0.1, 0.15) is 6.10 Å². The third-order valence-corrected chi connectivity index (χ3v) is 8.72. The lowest BCUT2D eigenvalue weighted by Crippen LogP contribution is -2.42. The number of hydrogen-bond donors (Lipinski definition) is 1. The van der Waals surface area contributed by atoms with Crippen LogP contribution in [0.2, 0.25) is 0 Å². The Labute approximate surface area is 167 Å². The highest BCUT2D eigenvalue weighted by molar-refractivity contribution is 7.92. The van der Waals surface area contributed by atoms with Gasteiger partial charge in [0.25, 0.3) is 0 Å². The maximum Gasteiger partial charge on any atom is 0.416 e. The van der Waals surface area contributed by atoms with Crippen molar-refractivity contribution in [3.05, 3.63) is 47.3 Å². The number of aromatic amines is 1. The van der Waals surface area contributed by atoms with Crippen molar-refractivity contribution in [2.24, 2.45) is 0 Å². The minimum atomic E-state index is -4.60. The molecule has 0 radical (unpaired) electrons. The highest BCUT2D eigenvalue weighted by atomic mass is 32.2. The van der Waals surface area contributed by atoms with Gasteiger partial charge < -0.3 is 4.74 Å². The molecule has 2 unspecified atom stereocenters. The van der Waals surface area contributed by atoms with Crippen molar-refractivity contribution in [2.75, 3.05) is 6.61 Å². The van der Waals surface area contributed by atoms with Gasteiger partial charge in [-0.05, 0) is 56.9 Å². The molecule has 4 rings (SSSR count). The summed E-state index contributed by atoms with van der Waals surface area (Å²) < 4.78 is 70.3. The van der Waals surface area contributed by atoms with Crippen molar-refractivity contribution in [3.8, 4) is 0 Å². The first-order valence-electron chi connectivity index (χ1n) is 9.69. The van der Waals surface area contributed by atoms with Crippen LogP contribution in [0.4, 0.5) is 13.2 Å². The van der Waals surface area contributed by atoms with Gasteiger partial charge in [-0.25, -0.2) is 8.42 Å². The fourth-order valence-electron chi connectivity index (χ4n) is 3.97. The van der Waals surface area contributed by atoms with Crippen molar-refractivity contribution in [2.45, 2.75) is 66.9 Å². The lowest BCUT2D eigenvalue weighted by atomic mass is 9.83. The molecule has 1 aliphatic heterocycles. The summed E-state index contributed by atoms with van der Waals surface area (Å²) in [5.74, 6) is 0.434. The Morgan fingerprint density at radius 2 is 2.00 bits per heavy atom. The van der Waals surface area contributed by atoms with Gasteiger partial charge in [0.05, 0.1) is 26.6 Å². The van der Waals surface area contributed by atoms with E-state index < -0.39 is 32.4 Å². The lowest BCUT2D eigenvalue weighted by molar-refractivity contribution is -0.137. The monoisotopic (exact) mass is 428 g/mol. The van der Waals surface area contributed by atoms with E-state index >= 15 is 0 Å². The average Bonchev–Trinajstić information content (AvgIpc) is 3.09. The van der Waals surface area contributed by atoms with Crippen LogP contribution in [0.1, 0.15) is 68.0 Å². The van der Waals surface area contributed by atoms with Crippen LogP contribution < -0.4 is 0 Å². The largest absolute Gasteiger partial charge is 0.416 e. The minimum Gasteiger partial charge on any atom is -0.372 e. The number of hydrogen-bond acceptors (Lipinski definition) is 4. The first kappa shape index (κ1) is 20.4. The second kappa shape index (κ2) is 7.12. The van der Waals surface area contributed by atoms with Gasteiger partial charge in [0.15, 0.2) is 9.84 Å². The average molecular weight is 428 g/mol. The fraction of sp³-hybridized carbons (Fsp3) is 0.550. The standard InChI is InChI=1S/C20H23F3N2O3S/c1-19(29(26,27)15-7-3-6-14(10-15)20(21,22)23)8-9-28-18(12-19)17-11-16(24-25-17)13-4-2-5-13/h3,6-7,10-11,13,18H,2,4-5,8-9,12H2,1H3,(H,24,25). The summed E-state index contributed by atoms with van der Waals surface area (Å²) in [5.41, 5.74) is 0.712. The Balaban J connectivity index is 1.60. The molecule has 2 heterocycles. The van der Waals surface area contributed by atoms with Crippen LogP contribution in [-0.4, -0.2) is 30.0 Å². The number of ether oxygens (including phenoxy) is 1. The third kappa shape index (κ3) is 3.70. The van der Waals surface area contributed by atoms with E-state index in [1.165, 1.54) is 12.5 Å². The maximum absolute atomic E-state index is 13.3. The van der Waals surface area contributed by atoms with Crippen molar-refractivity contribution in [1.29, 1.82) is 0 Å². The Hall–Kier alpha value is -1.87. The number of nitrogens with zero attached hydrogens (tertiary/aromatic N) is 1. The Morgan fingerprint density at radius 1 is 1.24 bits per heavy atom. The van der Waals surface area contributed by atoms with E-state index in [0.29, 0.717) is 5.92 Å². The van der Waals surface area contributed by atoms with Crippen molar-refractivity contribution >= 4 is 9.84 Å². The second-order valence-corrected chi connectivity index (χ2v) is 10.6. The molecular formula is C20H23F3N2O3S. The summed E-state index contributed by atoms with van der Waals surface area (Å²) in [6.07, 6.45) is -1.35. The van der Waals surface area contributed by atoms with Crippen LogP contribution in [0.15, 0.2) is 35.2 Å². The summed E-state index contributed by atoms with van der Waals surface area (Å²) >= 11 is 0. The number of rotatable bonds is 4. The summed E-state index contributed by atoms with van der Waals surface area (Å²) in [6.45, 7) is 1.79. The molecule has 1 saturated heterocycles. The molecule has 1 aliphatic carbocycles. The predicted molar refractivity (Wildman–Crippen MR) is 100 cm³/mol. The van der Waals surface area contributed by atoms with Gasteiger partial charge in [-0.3, -0.25) is 5.10 Å². The Kier molecular flexibility index (Phi) is 5.01. The summed E-state index contributed by atoms with van der Waals surface area (Å²) in [5, 5.41) is 7.30. The molecule has 1 aromatic heterocycles. The molecule has 1 N–H and O–H groups in total. The van der Waals surface area contributed by atoms with Crippen molar-refractivity contribution in [3.63, 3.8) is 0 Å². The molecule has 5 nitrogen and oxygen atoms in total. The van der Waals surface area contributed by atoms with E-state index in [1.54, 1.807) is 6.92 Å². The molecule has 0 amide bonds. The first-order valence-corrected chi connectivity index (χ1v) is 11.2. The van der Waals surface area contributed by atoms with Gasteiger partial charge in [-0.15, -0.1) is 0 Å².